The summed E-state index contributed by atoms with van der Waals surface area (Å²) in [5.74, 6) is 8.07. The molecular formula is C123H113N5O19. The van der Waals surface area contributed by atoms with Crippen LogP contribution in [-0.4, -0.2) is 111 Å². The lowest BCUT2D eigenvalue weighted by Crippen LogP contribution is -2.23. The molecule has 5 saturated carbocycles. The van der Waals surface area contributed by atoms with E-state index in [0.717, 1.165) is 211 Å². The average Bonchev–Trinajstić information content (AvgIpc) is 1.61. The van der Waals surface area contributed by atoms with Crippen LogP contribution in [0.3, 0.4) is 0 Å². The van der Waals surface area contributed by atoms with E-state index in [0.29, 0.717) is 66.5 Å². The second-order valence-electron chi connectivity index (χ2n) is 39.1. The number of hydrogen-bond acceptors (Lipinski definition) is 23. The normalized spacial score (nSPS) is 15.8. The summed E-state index contributed by atoms with van der Waals surface area (Å²) < 4.78 is 60.0. The van der Waals surface area contributed by atoms with Crippen molar-refractivity contribution >= 4 is 34.9 Å². The fourth-order valence-corrected chi connectivity index (χ4v) is 20.1. The first kappa shape index (κ1) is 96.7. The minimum absolute atomic E-state index is 0. The Morgan fingerprint density at radius 2 is 0.599 bits per heavy atom. The Morgan fingerprint density at radius 3 is 0.925 bits per heavy atom. The van der Waals surface area contributed by atoms with Crippen molar-refractivity contribution in [3.05, 3.63) is 381 Å². The van der Waals surface area contributed by atoms with Crippen molar-refractivity contribution in [1.82, 2.24) is 24.9 Å². The minimum atomic E-state index is -0.984. The number of Topliss-reactive ketones (excluding diaryl/α,β-unsaturated/α-hetero) is 5. The molecule has 10 aliphatic rings. The molecule has 744 valence electrons. The number of hydrogen-bond donors (Lipinski definition) is 2. The monoisotopic (exact) mass is 1960 g/mol. The van der Waals surface area contributed by atoms with Crippen LogP contribution in [0.4, 0.5) is 0 Å². The number of carboxylic acid groups (broad SMARTS) is 1. The van der Waals surface area contributed by atoms with E-state index < -0.39 is 33.0 Å². The Bertz CT molecular complexity index is 7670. The molecule has 5 aliphatic heterocycles. The highest BCUT2D eigenvalue weighted by molar-refractivity contribution is 5.98. The molecule has 10 heterocycles. The van der Waals surface area contributed by atoms with E-state index in [-0.39, 0.29) is 84.3 Å². The molecule has 10 aromatic carbocycles. The number of benzene rings is 10. The van der Waals surface area contributed by atoms with Gasteiger partial charge in [0.25, 0.3) is 0 Å². The van der Waals surface area contributed by atoms with E-state index in [1.54, 1.807) is 18.2 Å². The van der Waals surface area contributed by atoms with Crippen molar-refractivity contribution in [2.24, 2.45) is 0 Å². The van der Waals surface area contributed by atoms with E-state index in [1.165, 1.54) is 22.3 Å². The fraction of sp³-hybridized carbons (Fsp3) is 0.260. The molecule has 0 amide bonds. The lowest BCUT2D eigenvalue weighted by molar-refractivity contribution is -0.121. The van der Waals surface area contributed by atoms with Crippen molar-refractivity contribution in [2.45, 2.75) is 165 Å². The SMILES string of the molecule is CCOc1cccc(-c2cccc(CC(=O)C3(c4ccc5c(c4)OCO5)CC3)n2)c1.Cc1ccc(-c2cccc(CC(=O)C3(c4ccc5c(c4)OCO5)CC3)n2)c(C)c1.Cc1ccc(-c2cccc(CC(=O)C3(c4ccc5c(c4)OCO5)CC3)n2)cc1C.O=C(Cc1cccc(-c2cccc(CO)c2)n1)C1(c2ccc3c(c2)OCO3)CC1.O=C(O)c1cccc(-c2cccc(CC(=O)C3(c4ccc5c(c4)OCO5)CC3)n2)c1.[HH].[HH]. The molecule has 0 saturated heterocycles. The summed E-state index contributed by atoms with van der Waals surface area (Å²) in [5, 5.41) is 18.6. The van der Waals surface area contributed by atoms with Gasteiger partial charge in [0.1, 0.15) is 34.7 Å². The number of aryl methyl sites for hydroxylation is 4. The van der Waals surface area contributed by atoms with Crippen molar-refractivity contribution in [1.29, 1.82) is 0 Å². The predicted octanol–water partition coefficient (Wildman–Crippen LogP) is 22.9. The highest BCUT2D eigenvalue weighted by Gasteiger charge is 2.55. The van der Waals surface area contributed by atoms with Crippen LogP contribution in [0, 0.1) is 27.7 Å². The number of ketones is 5. The molecule has 0 atom stereocenters. The summed E-state index contributed by atoms with van der Waals surface area (Å²) in [4.78, 5) is 101. The highest BCUT2D eigenvalue weighted by Crippen LogP contribution is 2.57. The molecule has 24 heteroatoms. The summed E-state index contributed by atoms with van der Waals surface area (Å²) in [6.45, 7) is 12.1. The number of aromatic carboxylic acids is 1. The molecular weight excluding hydrogens is 1850 g/mol. The molecule has 5 fully saturated rings. The minimum Gasteiger partial charge on any atom is -0.494 e. The van der Waals surface area contributed by atoms with Gasteiger partial charge < -0.3 is 62.3 Å². The summed E-state index contributed by atoms with van der Waals surface area (Å²) >= 11 is 0. The molecule has 147 heavy (non-hydrogen) atoms. The summed E-state index contributed by atoms with van der Waals surface area (Å²) in [6.07, 6.45) is 10.1. The number of carbonyl (C=O) groups is 6. The van der Waals surface area contributed by atoms with Gasteiger partial charge in [0, 0.05) is 91.2 Å². The zero-order valence-electron chi connectivity index (χ0n) is 82.3. The van der Waals surface area contributed by atoms with Crippen molar-refractivity contribution in [3.63, 3.8) is 0 Å². The third-order valence-electron chi connectivity index (χ3n) is 29.5. The number of carbonyl (C=O) groups excluding carboxylic acids is 5. The smallest absolute Gasteiger partial charge is 0.335 e. The van der Waals surface area contributed by atoms with Gasteiger partial charge in [0.15, 0.2) is 57.5 Å². The van der Waals surface area contributed by atoms with Crippen molar-refractivity contribution in [2.75, 3.05) is 40.6 Å². The van der Waals surface area contributed by atoms with E-state index in [4.69, 9.17) is 72.0 Å². The Hall–Kier alpha value is -16.5. The second-order valence-corrected chi connectivity index (χ2v) is 39.1. The van der Waals surface area contributed by atoms with Crippen molar-refractivity contribution < 1.29 is 93.9 Å². The molecule has 5 aromatic heterocycles. The van der Waals surface area contributed by atoms with Crippen LogP contribution in [0.1, 0.15) is 168 Å². The molecule has 2 N–H and O–H groups in total. The third kappa shape index (κ3) is 20.8. The fourth-order valence-electron chi connectivity index (χ4n) is 20.1. The number of aliphatic hydroxyl groups excluding tert-OH is 1. The standard InChI is InChI=1S/C25H23NO4.2C25H23NO3.C24H19NO5.C24H21NO4.2H2/c1-2-28-20-7-3-5-17(13-20)21-8-4-6-19(26-21)15-24(27)25(11-12-25)18-9-10-22-23(14-18)30-16-29-22;1-16-6-8-20(17(2)12-16)21-5-3-4-19(26-21)14-24(27)25(10-11-25)18-7-9-22-23(13-18)29-15-28-22;1-16-6-7-18(12-17(16)2)21-5-3-4-20(26-21)14-24(27)25(10-11-25)19-8-9-22-23(13-19)29-15-28-22;26-22(24(9-10-24)17-7-8-20-21(12-17)30-14-29-20)13-18-5-2-6-19(25-18)15-3-1-4-16(11-15)23(27)28;26-14-16-3-1-4-17(11-16)20-6-2-5-19(25-20)13-23(27)24(9-10-24)18-7-8-21-22(12-18)29-15-28-21;;/h3-10,13-14H,2,11-12,15-16H2,1H3;2*3-9,12-13H,10-11,14-15H2,1-2H3;1-8,11-12H,9-10,13-14H2,(H,27,28);1-8,11-12,26H,9-10,13-15H2;2*1H. The zero-order valence-corrected chi connectivity index (χ0v) is 82.3. The van der Waals surface area contributed by atoms with Gasteiger partial charge in [-0.15, -0.1) is 0 Å². The number of nitrogens with zero attached hydrogens (tertiary/aromatic N) is 5. The maximum Gasteiger partial charge on any atom is 0.335 e. The Balaban J connectivity index is 0.000000117. The predicted molar refractivity (Wildman–Crippen MR) is 557 cm³/mol. The van der Waals surface area contributed by atoms with Crippen LogP contribution in [0.2, 0.25) is 0 Å². The van der Waals surface area contributed by atoms with Crippen LogP contribution in [0.5, 0.6) is 63.2 Å². The van der Waals surface area contributed by atoms with E-state index in [2.05, 4.69) is 69.1 Å². The molecule has 25 rings (SSSR count). The van der Waals surface area contributed by atoms with Gasteiger partial charge in [-0.1, -0.05) is 139 Å². The van der Waals surface area contributed by atoms with Crippen LogP contribution < -0.4 is 52.1 Å². The number of pyridine rings is 5. The molecule has 5 aliphatic carbocycles. The largest absolute Gasteiger partial charge is 0.494 e. The Morgan fingerprint density at radius 1 is 0.293 bits per heavy atom. The molecule has 0 spiro atoms. The second kappa shape index (κ2) is 41.0. The number of ether oxygens (including phenoxy) is 11. The van der Waals surface area contributed by atoms with Gasteiger partial charge >= 0.3 is 5.97 Å². The molecule has 15 aromatic rings. The maximum absolute atomic E-state index is 13.3. The topological polar surface area (TPSA) is 309 Å². The van der Waals surface area contributed by atoms with Gasteiger partial charge in [-0.2, -0.15) is 0 Å². The van der Waals surface area contributed by atoms with Crippen molar-refractivity contribution in [3.8, 4) is 120 Å². The maximum atomic E-state index is 13.3. The van der Waals surface area contributed by atoms with Crippen LogP contribution in [0.15, 0.2) is 291 Å². The van der Waals surface area contributed by atoms with E-state index in [9.17, 15) is 39.0 Å². The van der Waals surface area contributed by atoms with Crippen LogP contribution in [0.25, 0.3) is 56.3 Å². The van der Waals surface area contributed by atoms with E-state index in [1.807, 2.05) is 244 Å². The number of aromatic nitrogens is 5. The van der Waals surface area contributed by atoms with Gasteiger partial charge in [-0.3, -0.25) is 48.9 Å². The zero-order chi connectivity index (χ0) is 101. The number of rotatable bonds is 29. The summed E-state index contributed by atoms with van der Waals surface area (Å²) in [5.41, 5.74) is 21.6. The number of carboxylic acids is 1. The average molecular weight is 1970 g/mol. The number of aliphatic hydroxyl groups is 1. The Kier molecular flexibility index (Phi) is 26.9. The van der Waals surface area contributed by atoms with Gasteiger partial charge in [0.2, 0.25) is 34.0 Å². The first-order chi connectivity index (χ1) is 71.5. The molecule has 0 unspecified atom stereocenters. The Labute approximate surface area is 854 Å². The molecule has 0 bridgehead atoms. The lowest BCUT2D eigenvalue weighted by Gasteiger charge is -2.15. The first-order valence-electron chi connectivity index (χ1n) is 49.9. The highest BCUT2D eigenvalue weighted by atomic mass is 16.7. The van der Waals surface area contributed by atoms with E-state index >= 15 is 0 Å². The van der Waals surface area contributed by atoms with Crippen LogP contribution in [-0.2, 0) is 89.8 Å². The lowest BCUT2D eigenvalue weighted by atomic mass is 9.88. The summed E-state index contributed by atoms with van der Waals surface area (Å²) in [6, 6.07) is 92.9. The van der Waals surface area contributed by atoms with Crippen LogP contribution >= 0.6 is 0 Å². The third-order valence-corrected chi connectivity index (χ3v) is 29.5. The van der Waals surface area contributed by atoms with Gasteiger partial charge in [0.05, 0.1) is 74.3 Å². The summed E-state index contributed by atoms with van der Waals surface area (Å²) in [7, 11) is 0. The van der Waals surface area contributed by atoms with Gasteiger partial charge in [-0.05, 0) is 307 Å². The van der Waals surface area contributed by atoms with Gasteiger partial charge in [-0.25, -0.2) is 4.79 Å². The quantitative estimate of drug-likeness (QED) is 0.0440. The number of fused-ring (bicyclic) bond motifs is 5. The molecule has 24 nitrogen and oxygen atoms in total. The molecule has 0 radical (unpaired) electrons. The first-order valence-corrected chi connectivity index (χ1v) is 49.9.